The summed E-state index contributed by atoms with van der Waals surface area (Å²) in [5.41, 5.74) is 4.94. The number of likely N-dealkylation sites (N-methyl/N-ethyl adjacent to an activating group) is 1. The molecule has 0 aliphatic carbocycles. The van der Waals surface area contributed by atoms with Crippen molar-refractivity contribution in [2.45, 2.75) is 16.7 Å². The second-order valence-corrected chi connectivity index (χ2v) is 9.03. The maximum absolute atomic E-state index is 6.36. The number of nitrogens with one attached hydrogen (secondary N) is 2. The molecule has 0 unspecified atom stereocenters. The van der Waals surface area contributed by atoms with E-state index in [4.69, 9.17) is 16.3 Å². The zero-order valence-corrected chi connectivity index (χ0v) is 18.3. The van der Waals surface area contributed by atoms with Crippen LogP contribution in [0.25, 0.3) is 0 Å². The van der Waals surface area contributed by atoms with Crippen LogP contribution in [0.4, 0.5) is 5.69 Å². The van der Waals surface area contributed by atoms with E-state index in [-0.39, 0.29) is 6.04 Å². The van der Waals surface area contributed by atoms with Crippen LogP contribution in [0.3, 0.4) is 0 Å². The van der Waals surface area contributed by atoms with Crippen molar-refractivity contribution < 1.29 is 9.64 Å². The molecule has 0 amide bonds. The van der Waals surface area contributed by atoms with Crippen molar-refractivity contribution in [2.75, 3.05) is 32.6 Å². The molecular formula is C24H26ClN2OS+. The van der Waals surface area contributed by atoms with Gasteiger partial charge in [0.15, 0.2) is 0 Å². The molecule has 0 bridgehead atoms. The number of fused-ring (bicyclic) bond motifs is 2. The van der Waals surface area contributed by atoms with Gasteiger partial charge in [-0.15, -0.1) is 11.8 Å². The van der Waals surface area contributed by atoms with Gasteiger partial charge in [0.05, 0.1) is 20.1 Å². The molecule has 0 radical (unpaired) electrons. The summed E-state index contributed by atoms with van der Waals surface area (Å²) in [5.74, 6) is 1.86. The van der Waals surface area contributed by atoms with E-state index >= 15 is 0 Å². The Bertz CT molecular complexity index is 975. The number of thioether (sulfide) groups is 1. The van der Waals surface area contributed by atoms with Crippen molar-refractivity contribution in [3.8, 4) is 5.75 Å². The molecule has 0 aromatic heterocycles. The number of halogens is 1. The van der Waals surface area contributed by atoms with Gasteiger partial charge in [-0.25, -0.2) is 0 Å². The van der Waals surface area contributed by atoms with Crippen LogP contribution < -0.4 is 15.0 Å². The lowest BCUT2D eigenvalue weighted by Gasteiger charge is -2.23. The highest BCUT2D eigenvalue weighted by Crippen LogP contribution is 2.42. The molecule has 5 heteroatoms. The zero-order chi connectivity index (χ0) is 20.2. The molecule has 29 heavy (non-hydrogen) atoms. The van der Waals surface area contributed by atoms with E-state index in [1.807, 2.05) is 30.0 Å². The molecule has 3 aromatic carbocycles. The minimum atomic E-state index is 0.0546. The maximum Gasteiger partial charge on any atom is 0.137 e. The van der Waals surface area contributed by atoms with Crippen molar-refractivity contribution in [3.05, 3.63) is 88.4 Å². The van der Waals surface area contributed by atoms with Crippen molar-refractivity contribution in [3.63, 3.8) is 0 Å². The van der Waals surface area contributed by atoms with Crippen LogP contribution in [0, 0.1) is 0 Å². The van der Waals surface area contributed by atoms with Gasteiger partial charge in [0.2, 0.25) is 0 Å². The van der Waals surface area contributed by atoms with Crippen LogP contribution in [0.1, 0.15) is 22.7 Å². The van der Waals surface area contributed by atoms with E-state index in [2.05, 4.69) is 67.9 Å². The van der Waals surface area contributed by atoms with Gasteiger partial charge in [-0.05, 0) is 59.2 Å². The minimum absolute atomic E-state index is 0.0546. The second-order valence-electron chi connectivity index (χ2n) is 7.58. The monoisotopic (exact) mass is 425 g/mol. The van der Waals surface area contributed by atoms with E-state index in [1.54, 1.807) is 0 Å². The van der Waals surface area contributed by atoms with Crippen LogP contribution >= 0.6 is 23.4 Å². The molecule has 1 aliphatic heterocycles. The molecule has 1 atom stereocenters. The number of hydrogen-bond acceptors (Lipinski definition) is 3. The topological polar surface area (TPSA) is 25.7 Å². The highest BCUT2D eigenvalue weighted by atomic mass is 35.5. The lowest BCUT2D eigenvalue weighted by Crippen LogP contribution is -3.06. The van der Waals surface area contributed by atoms with Gasteiger partial charge in [-0.3, -0.25) is 0 Å². The van der Waals surface area contributed by atoms with E-state index in [1.165, 1.54) is 26.5 Å². The first-order chi connectivity index (χ1) is 14.1. The molecule has 0 saturated heterocycles. The molecule has 1 aliphatic rings. The van der Waals surface area contributed by atoms with Gasteiger partial charge in [-0.1, -0.05) is 35.9 Å². The minimum Gasteiger partial charge on any atom is -0.488 e. The fourth-order valence-corrected chi connectivity index (χ4v) is 4.75. The summed E-state index contributed by atoms with van der Waals surface area (Å²) in [6.45, 7) is 1.70. The average molecular weight is 426 g/mol. The van der Waals surface area contributed by atoms with Gasteiger partial charge in [0.25, 0.3) is 0 Å². The van der Waals surface area contributed by atoms with Crippen LogP contribution in [-0.4, -0.2) is 27.2 Å². The Kier molecular flexibility index (Phi) is 6.34. The largest absolute Gasteiger partial charge is 0.488 e. The Morgan fingerprint density at radius 2 is 1.83 bits per heavy atom. The molecule has 0 saturated carbocycles. The van der Waals surface area contributed by atoms with E-state index in [9.17, 15) is 0 Å². The third-order valence-corrected chi connectivity index (χ3v) is 6.44. The smallest absolute Gasteiger partial charge is 0.137 e. The Balaban J connectivity index is 1.60. The third kappa shape index (κ3) is 4.89. The Morgan fingerprint density at radius 3 is 2.62 bits per heavy atom. The SMILES string of the molecule is C[NH+](C)CCOc1ccc(N[C@@H]2c3ccccc3CSc3ccc(Cl)cc32)cc1. The summed E-state index contributed by atoms with van der Waals surface area (Å²) in [7, 11) is 4.26. The fourth-order valence-electron chi connectivity index (χ4n) is 3.49. The summed E-state index contributed by atoms with van der Waals surface area (Å²) < 4.78 is 5.84. The number of benzene rings is 3. The summed E-state index contributed by atoms with van der Waals surface area (Å²) in [6, 6.07) is 23.1. The van der Waals surface area contributed by atoms with Gasteiger partial charge in [0.1, 0.15) is 18.9 Å². The van der Waals surface area contributed by atoms with Gasteiger partial charge >= 0.3 is 0 Å². The molecule has 3 aromatic rings. The number of quaternary nitrogens is 1. The first kappa shape index (κ1) is 20.1. The third-order valence-electron chi connectivity index (χ3n) is 5.07. The summed E-state index contributed by atoms with van der Waals surface area (Å²) in [4.78, 5) is 2.65. The van der Waals surface area contributed by atoms with E-state index < -0.39 is 0 Å². The van der Waals surface area contributed by atoms with Crippen molar-refractivity contribution in [2.24, 2.45) is 0 Å². The zero-order valence-electron chi connectivity index (χ0n) is 16.7. The normalized spacial score (nSPS) is 15.4. The molecule has 0 fully saturated rings. The van der Waals surface area contributed by atoms with Gasteiger partial charge < -0.3 is 15.0 Å². The van der Waals surface area contributed by atoms with Gasteiger partial charge in [-0.2, -0.15) is 0 Å². The van der Waals surface area contributed by atoms with Crippen LogP contribution in [0.2, 0.25) is 5.02 Å². The molecule has 150 valence electrons. The predicted molar refractivity (Wildman–Crippen MR) is 123 cm³/mol. The first-order valence-corrected chi connectivity index (χ1v) is 11.2. The van der Waals surface area contributed by atoms with Crippen molar-refractivity contribution in [1.29, 1.82) is 0 Å². The molecule has 0 spiro atoms. The molecule has 2 N–H and O–H groups in total. The lowest BCUT2D eigenvalue weighted by molar-refractivity contribution is -0.858. The Labute approximate surface area is 182 Å². The van der Waals surface area contributed by atoms with E-state index in [0.29, 0.717) is 6.61 Å². The number of ether oxygens (including phenoxy) is 1. The number of anilines is 1. The Hall–Kier alpha value is -2.14. The fraction of sp³-hybridized carbons (Fsp3) is 0.250. The molecule has 3 nitrogen and oxygen atoms in total. The lowest BCUT2D eigenvalue weighted by atomic mass is 9.94. The second kappa shape index (κ2) is 9.12. The predicted octanol–water partition coefficient (Wildman–Crippen LogP) is 4.67. The molecule has 4 rings (SSSR count). The quantitative estimate of drug-likeness (QED) is 0.600. The van der Waals surface area contributed by atoms with Crippen molar-refractivity contribution >= 4 is 29.1 Å². The van der Waals surface area contributed by atoms with Crippen LogP contribution in [-0.2, 0) is 5.75 Å². The first-order valence-electron chi connectivity index (χ1n) is 9.88. The summed E-state index contributed by atoms with van der Waals surface area (Å²) in [5, 5.41) is 4.50. The molecular weight excluding hydrogens is 400 g/mol. The standard InChI is InChI=1S/C24H25ClN2OS/c1-27(2)13-14-28-20-10-8-19(9-11-20)26-24-21-6-4-3-5-17(21)16-29-23-12-7-18(25)15-22(23)24/h3-12,15,24,26H,13-14,16H2,1-2H3/p+1/t24-/m1/s1. The highest BCUT2D eigenvalue weighted by molar-refractivity contribution is 7.98. The summed E-state index contributed by atoms with van der Waals surface area (Å²) in [6.07, 6.45) is 0. The number of rotatable bonds is 6. The highest BCUT2D eigenvalue weighted by Gasteiger charge is 2.24. The molecule has 1 heterocycles. The average Bonchev–Trinajstić information content (AvgIpc) is 2.86. The Morgan fingerprint density at radius 1 is 1.03 bits per heavy atom. The van der Waals surface area contributed by atoms with Crippen molar-refractivity contribution in [1.82, 2.24) is 0 Å². The number of hydrogen-bond donors (Lipinski definition) is 2. The van der Waals surface area contributed by atoms with Gasteiger partial charge in [0, 0.05) is 21.4 Å². The summed E-state index contributed by atoms with van der Waals surface area (Å²) >= 11 is 8.23. The maximum atomic E-state index is 6.36. The van der Waals surface area contributed by atoms with Crippen LogP contribution in [0.5, 0.6) is 5.75 Å². The van der Waals surface area contributed by atoms with E-state index in [0.717, 1.165) is 28.8 Å². The van der Waals surface area contributed by atoms with Crippen LogP contribution in [0.15, 0.2) is 71.6 Å².